The van der Waals surface area contributed by atoms with E-state index in [-0.39, 0.29) is 5.91 Å². The van der Waals surface area contributed by atoms with Gasteiger partial charge in [-0.25, -0.2) is 9.50 Å². The van der Waals surface area contributed by atoms with Crippen LogP contribution < -0.4 is 5.32 Å². The molecule has 0 aliphatic rings. The quantitative estimate of drug-likeness (QED) is 0.585. The number of hydrogen-bond acceptors (Lipinski definition) is 4. The van der Waals surface area contributed by atoms with E-state index >= 15 is 0 Å². The number of rotatable bonds is 2. The SMILES string of the molecule is O=C(Nc1cccc2cn[nH]c12)c1cnn2cccnc12. The summed E-state index contributed by atoms with van der Waals surface area (Å²) < 4.78 is 1.56. The molecule has 3 heterocycles. The normalized spacial score (nSPS) is 11.0. The Hall–Kier alpha value is -3.22. The van der Waals surface area contributed by atoms with E-state index in [9.17, 15) is 4.79 Å². The van der Waals surface area contributed by atoms with Gasteiger partial charge in [0.25, 0.3) is 5.91 Å². The van der Waals surface area contributed by atoms with Crippen molar-refractivity contribution in [1.29, 1.82) is 0 Å². The highest BCUT2D eigenvalue weighted by Gasteiger charge is 2.15. The molecule has 4 aromatic rings. The van der Waals surface area contributed by atoms with Crippen molar-refractivity contribution in [3.63, 3.8) is 0 Å². The Morgan fingerprint density at radius 1 is 1.24 bits per heavy atom. The van der Waals surface area contributed by atoms with E-state index in [1.54, 1.807) is 29.2 Å². The first-order valence-electron chi connectivity index (χ1n) is 6.35. The molecule has 0 fully saturated rings. The molecule has 102 valence electrons. The number of amides is 1. The predicted octanol–water partition coefficient (Wildman–Crippen LogP) is 1.86. The van der Waals surface area contributed by atoms with Crippen molar-refractivity contribution < 1.29 is 4.79 Å². The highest BCUT2D eigenvalue weighted by atomic mass is 16.1. The summed E-state index contributed by atoms with van der Waals surface area (Å²) in [6, 6.07) is 7.36. The first kappa shape index (κ1) is 11.6. The second kappa shape index (κ2) is 4.41. The van der Waals surface area contributed by atoms with Crippen LogP contribution >= 0.6 is 0 Å². The van der Waals surface area contributed by atoms with Gasteiger partial charge in [-0.15, -0.1) is 0 Å². The third kappa shape index (κ3) is 1.83. The van der Waals surface area contributed by atoms with Gasteiger partial charge in [0.05, 0.1) is 23.6 Å². The lowest BCUT2D eigenvalue weighted by Gasteiger charge is -2.04. The van der Waals surface area contributed by atoms with Crippen molar-refractivity contribution >= 4 is 28.1 Å². The van der Waals surface area contributed by atoms with Gasteiger partial charge in [0.1, 0.15) is 5.56 Å². The summed E-state index contributed by atoms with van der Waals surface area (Å²) in [5.74, 6) is -0.259. The maximum Gasteiger partial charge on any atom is 0.261 e. The van der Waals surface area contributed by atoms with Crippen LogP contribution in [0.25, 0.3) is 16.6 Å². The lowest BCUT2D eigenvalue weighted by Crippen LogP contribution is -2.12. The average Bonchev–Trinajstić information content (AvgIpc) is 3.14. The van der Waals surface area contributed by atoms with Gasteiger partial charge in [-0.1, -0.05) is 12.1 Å². The Kier molecular flexibility index (Phi) is 2.43. The molecule has 0 saturated carbocycles. The molecule has 0 saturated heterocycles. The second-order valence-corrected chi connectivity index (χ2v) is 4.54. The Balaban J connectivity index is 1.74. The molecule has 7 nitrogen and oxygen atoms in total. The summed E-state index contributed by atoms with van der Waals surface area (Å²) in [5, 5.41) is 14.8. The van der Waals surface area contributed by atoms with Gasteiger partial charge in [-0.3, -0.25) is 9.89 Å². The fourth-order valence-corrected chi connectivity index (χ4v) is 2.25. The molecular formula is C14H10N6O. The first-order valence-corrected chi connectivity index (χ1v) is 6.35. The van der Waals surface area contributed by atoms with Crippen molar-refractivity contribution in [2.75, 3.05) is 5.32 Å². The van der Waals surface area contributed by atoms with E-state index in [2.05, 4.69) is 25.6 Å². The topological polar surface area (TPSA) is 88.0 Å². The molecule has 0 aliphatic carbocycles. The maximum atomic E-state index is 12.4. The number of hydrogen-bond donors (Lipinski definition) is 2. The first-order chi connectivity index (χ1) is 10.3. The minimum atomic E-state index is -0.259. The monoisotopic (exact) mass is 278 g/mol. The van der Waals surface area contributed by atoms with Gasteiger partial charge in [0.2, 0.25) is 0 Å². The van der Waals surface area contributed by atoms with Gasteiger partial charge in [0.15, 0.2) is 5.65 Å². The van der Waals surface area contributed by atoms with E-state index in [1.165, 1.54) is 6.20 Å². The van der Waals surface area contributed by atoms with E-state index < -0.39 is 0 Å². The molecule has 7 heteroatoms. The number of H-pyrrole nitrogens is 1. The van der Waals surface area contributed by atoms with Crippen molar-refractivity contribution in [3.8, 4) is 0 Å². The molecule has 1 amide bonds. The maximum absolute atomic E-state index is 12.4. The van der Waals surface area contributed by atoms with Crippen molar-refractivity contribution in [2.45, 2.75) is 0 Å². The number of benzene rings is 1. The van der Waals surface area contributed by atoms with Crippen LogP contribution in [0.3, 0.4) is 0 Å². The highest BCUT2D eigenvalue weighted by Crippen LogP contribution is 2.21. The minimum Gasteiger partial charge on any atom is -0.320 e. The summed E-state index contributed by atoms with van der Waals surface area (Å²) >= 11 is 0. The third-order valence-electron chi connectivity index (χ3n) is 3.25. The molecular weight excluding hydrogens is 268 g/mol. The Morgan fingerprint density at radius 3 is 3.14 bits per heavy atom. The fraction of sp³-hybridized carbons (Fsp3) is 0. The van der Waals surface area contributed by atoms with Gasteiger partial charge in [-0.2, -0.15) is 10.2 Å². The summed E-state index contributed by atoms with van der Waals surface area (Å²) in [5.41, 5.74) is 2.40. The number of aromatic nitrogens is 5. The summed E-state index contributed by atoms with van der Waals surface area (Å²) in [6.07, 6.45) is 6.59. The number of para-hydroxylation sites is 1. The number of carbonyl (C=O) groups is 1. The summed E-state index contributed by atoms with van der Waals surface area (Å²) in [7, 11) is 0. The van der Waals surface area contributed by atoms with Crippen LogP contribution in [-0.4, -0.2) is 30.7 Å². The molecule has 21 heavy (non-hydrogen) atoms. The zero-order chi connectivity index (χ0) is 14.2. The van der Waals surface area contributed by atoms with E-state index in [0.29, 0.717) is 16.9 Å². The molecule has 4 rings (SSSR count). The molecule has 0 atom stereocenters. The molecule has 0 bridgehead atoms. The van der Waals surface area contributed by atoms with Gasteiger partial charge < -0.3 is 5.32 Å². The van der Waals surface area contributed by atoms with Gasteiger partial charge in [0, 0.05) is 17.8 Å². The Morgan fingerprint density at radius 2 is 2.19 bits per heavy atom. The third-order valence-corrected chi connectivity index (χ3v) is 3.25. The van der Waals surface area contributed by atoms with Crippen LogP contribution in [0.5, 0.6) is 0 Å². The molecule has 0 radical (unpaired) electrons. The summed E-state index contributed by atoms with van der Waals surface area (Å²) in [4.78, 5) is 16.6. The zero-order valence-electron chi connectivity index (χ0n) is 10.8. The molecule has 3 aromatic heterocycles. The van der Waals surface area contributed by atoms with Crippen LogP contribution in [0.15, 0.2) is 49.1 Å². The number of fused-ring (bicyclic) bond motifs is 2. The lowest BCUT2D eigenvalue weighted by atomic mass is 10.2. The largest absolute Gasteiger partial charge is 0.320 e. The number of aromatic amines is 1. The number of nitrogens with zero attached hydrogens (tertiary/aromatic N) is 4. The molecule has 0 spiro atoms. The second-order valence-electron chi connectivity index (χ2n) is 4.54. The molecule has 0 unspecified atom stereocenters. The smallest absolute Gasteiger partial charge is 0.261 e. The van der Waals surface area contributed by atoms with Crippen LogP contribution in [0.2, 0.25) is 0 Å². The summed E-state index contributed by atoms with van der Waals surface area (Å²) in [6.45, 7) is 0. The van der Waals surface area contributed by atoms with Gasteiger partial charge in [-0.05, 0) is 12.1 Å². The van der Waals surface area contributed by atoms with Crippen LogP contribution in [-0.2, 0) is 0 Å². The lowest BCUT2D eigenvalue weighted by molar-refractivity contribution is 0.102. The van der Waals surface area contributed by atoms with Gasteiger partial charge >= 0.3 is 0 Å². The highest BCUT2D eigenvalue weighted by molar-refractivity contribution is 6.11. The fourth-order valence-electron chi connectivity index (χ4n) is 2.25. The standard InChI is InChI=1S/C14H10N6O/c21-14(10-8-17-20-6-2-5-15-13(10)20)18-11-4-1-3-9-7-16-19-12(9)11/h1-8H,(H,16,19)(H,18,21). The zero-order valence-corrected chi connectivity index (χ0v) is 10.8. The molecule has 1 aromatic carbocycles. The number of carbonyl (C=O) groups excluding carboxylic acids is 1. The Labute approximate surface area is 118 Å². The molecule has 0 aliphatic heterocycles. The Bertz CT molecular complexity index is 954. The molecule has 2 N–H and O–H groups in total. The van der Waals surface area contributed by atoms with Crippen molar-refractivity contribution in [3.05, 3.63) is 54.6 Å². The predicted molar refractivity (Wildman–Crippen MR) is 77.0 cm³/mol. The van der Waals surface area contributed by atoms with Crippen LogP contribution in [0.1, 0.15) is 10.4 Å². The van der Waals surface area contributed by atoms with Crippen molar-refractivity contribution in [2.24, 2.45) is 0 Å². The van der Waals surface area contributed by atoms with E-state index in [1.807, 2.05) is 18.2 Å². The number of nitrogens with one attached hydrogen (secondary N) is 2. The van der Waals surface area contributed by atoms with E-state index in [4.69, 9.17) is 0 Å². The van der Waals surface area contributed by atoms with E-state index in [0.717, 1.165) is 10.9 Å². The minimum absolute atomic E-state index is 0.259. The average molecular weight is 278 g/mol. The van der Waals surface area contributed by atoms with Crippen molar-refractivity contribution in [1.82, 2.24) is 24.8 Å². The van der Waals surface area contributed by atoms with Crippen LogP contribution in [0, 0.1) is 0 Å². The van der Waals surface area contributed by atoms with Crippen LogP contribution in [0.4, 0.5) is 5.69 Å². The number of anilines is 1.